The molecule has 2 aromatic rings. The van der Waals surface area contributed by atoms with Crippen LogP contribution in [0.4, 0.5) is 0 Å². The van der Waals surface area contributed by atoms with Crippen LogP contribution < -0.4 is 0 Å². The molecular formula is C20H32. The third-order valence-corrected chi connectivity index (χ3v) is 2.64. The number of aryl methyl sites for hydroxylation is 4. The highest BCUT2D eigenvalue weighted by atomic mass is 13.9. The van der Waals surface area contributed by atoms with Gasteiger partial charge in [0.15, 0.2) is 0 Å². The second-order valence-corrected chi connectivity index (χ2v) is 4.24. The van der Waals surface area contributed by atoms with Gasteiger partial charge in [0.2, 0.25) is 0 Å². The molecule has 0 atom stereocenters. The Morgan fingerprint density at radius 2 is 0.700 bits per heavy atom. The molecule has 20 heavy (non-hydrogen) atoms. The lowest BCUT2D eigenvalue weighted by Crippen LogP contribution is -1.74. The Hall–Kier alpha value is -1.56. The zero-order chi connectivity index (χ0) is 16.0. The summed E-state index contributed by atoms with van der Waals surface area (Å²) in [5.41, 5.74) is 5.39. The third-order valence-electron chi connectivity index (χ3n) is 2.64. The summed E-state index contributed by atoms with van der Waals surface area (Å²) >= 11 is 0. The largest absolute Gasteiger partial charge is 0.0683 e. The van der Waals surface area contributed by atoms with Crippen molar-refractivity contribution in [3.05, 3.63) is 70.8 Å². The van der Waals surface area contributed by atoms with E-state index in [1.54, 1.807) is 0 Å². The Labute approximate surface area is 126 Å². The molecule has 0 saturated heterocycles. The Balaban J connectivity index is 0. The van der Waals surface area contributed by atoms with Gasteiger partial charge in [0.05, 0.1) is 0 Å². The van der Waals surface area contributed by atoms with Crippen LogP contribution in [-0.4, -0.2) is 0 Å². The van der Waals surface area contributed by atoms with Crippen LogP contribution in [0.1, 0.15) is 49.9 Å². The standard InChI is InChI=1S/2C8H10.2C2H6/c1-7-3-5-8(2)6-4-7;1-7-5-3-4-6-8(7)2;2*1-2/h2*3-6H,1-2H3;2*1-2H3. The van der Waals surface area contributed by atoms with Gasteiger partial charge in [-0.25, -0.2) is 0 Å². The Kier molecular flexibility index (Phi) is 14.4. The van der Waals surface area contributed by atoms with E-state index in [4.69, 9.17) is 0 Å². The molecular weight excluding hydrogens is 240 g/mol. The van der Waals surface area contributed by atoms with Crippen molar-refractivity contribution in [3.8, 4) is 0 Å². The molecule has 2 aromatic carbocycles. The molecule has 0 saturated carbocycles. The zero-order valence-electron chi connectivity index (χ0n) is 14.6. The van der Waals surface area contributed by atoms with E-state index in [9.17, 15) is 0 Å². The summed E-state index contributed by atoms with van der Waals surface area (Å²) in [6, 6.07) is 16.8. The molecule has 0 heterocycles. The van der Waals surface area contributed by atoms with Crippen molar-refractivity contribution in [2.45, 2.75) is 55.4 Å². The van der Waals surface area contributed by atoms with Crippen LogP contribution in [0.5, 0.6) is 0 Å². The molecule has 0 aliphatic rings. The first-order valence-corrected chi connectivity index (χ1v) is 7.65. The van der Waals surface area contributed by atoms with Gasteiger partial charge in [-0.15, -0.1) is 0 Å². The van der Waals surface area contributed by atoms with E-state index in [0.717, 1.165) is 0 Å². The average molecular weight is 272 g/mol. The highest BCUT2D eigenvalue weighted by Gasteiger charge is 1.83. The first-order valence-electron chi connectivity index (χ1n) is 7.65. The average Bonchev–Trinajstić information content (AvgIpc) is 2.50. The fraction of sp³-hybridized carbons (Fsp3) is 0.400. The lowest BCUT2D eigenvalue weighted by Gasteiger charge is -1.93. The zero-order valence-corrected chi connectivity index (χ0v) is 14.6. The van der Waals surface area contributed by atoms with Gasteiger partial charge in [-0.2, -0.15) is 0 Å². The van der Waals surface area contributed by atoms with Gasteiger partial charge >= 0.3 is 0 Å². The van der Waals surface area contributed by atoms with Crippen molar-refractivity contribution in [1.82, 2.24) is 0 Å². The maximum Gasteiger partial charge on any atom is -0.0395 e. The van der Waals surface area contributed by atoms with E-state index in [2.05, 4.69) is 76.2 Å². The summed E-state index contributed by atoms with van der Waals surface area (Å²) in [5, 5.41) is 0. The van der Waals surface area contributed by atoms with Gasteiger partial charge in [0, 0.05) is 0 Å². The van der Waals surface area contributed by atoms with E-state index >= 15 is 0 Å². The Bertz CT molecular complexity index is 382. The lowest BCUT2D eigenvalue weighted by molar-refractivity contribution is 1.34. The van der Waals surface area contributed by atoms with Crippen LogP contribution in [-0.2, 0) is 0 Å². The normalized spacial score (nSPS) is 8.00. The SMILES string of the molecule is CC.CC.Cc1ccc(C)cc1.Cc1ccccc1C. The van der Waals surface area contributed by atoms with Gasteiger partial charge in [0.25, 0.3) is 0 Å². The lowest BCUT2D eigenvalue weighted by atomic mass is 10.1. The summed E-state index contributed by atoms with van der Waals surface area (Å²) in [6.07, 6.45) is 0. The molecule has 0 N–H and O–H groups in total. The molecule has 0 amide bonds. The van der Waals surface area contributed by atoms with E-state index < -0.39 is 0 Å². The van der Waals surface area contributed by atoms with Gasteiger partial charge in [0.1, 0.15) is 0 Å². The highest BCUT2D eigenvalue weighted by Crippen LogP contribution is 2.02. The Morgan fingerprint density at radius 1 is 0.450 bits per heavy atom. The Morgan fingerprint density at radius 3 is 0.900 bits per heavy atom. The summed E-state index contributed by atoms with van der Waals surface area (Å²) < 4.78 is 0. The molecule has 2 rings (SSSR count). The van der Waals surface area contributed by atoms with Crippen LogP contribution in [0.15, 0.2) is 48.5 Å². The minimum Gasteiger partial charge on any atom is -0.0683 e. The van der Waals surface area contributed by atoms with Crippen LogP contribution in [0, 0.1) is 27.7 Å². The molecule has 0 aromatic heterocycles. The quantitative estimate of drug-likeness (QED) is 0.503. The molecule has 0 nitrogen and oxygen atoms in total. The maximum atomic E-state index is 2.12. The second kappa shape index (κ2) is 13.9. The maximum absolute atomic E-state index is 2.12. The molecule has 0 aliphatic heterocycles. The molecule has 0 fully saturated rings. The van der Waals surface area contributed by atoms with Gasteiger partial charge in [-0.05, 0) is 38.8 Å². The van der Waals surface area contributed by atoms with Crippen molar-refractivity contribution < 1.29 is 0 Å². The number of rotatable bonds is 0. The van der Waals surface area contributed by atoms with Crippen LogP contribution >= 0.6 is 0 Å². The fourth-order valence-electron chi connectivity index (χ4n) is 1.30. The smallest absolute Gasteiger partial charge is 0.0395 e. The van der Waals surface area contributed by atoms with Crippen molar-refractivity contribution in [2.75, 3.05) is 0 Å². The minimum atomic E-state index is 1.33. The molecule has 112 valence electrons. The monoisotopic (exact) mass is 272 g/mol. The van der Waals surface area contributed by atoms with Crippen molar-refractivity contribution in [2.24, 2.45) is 0 Å². The van der Waals surface area contributed by atoms with Gasteiger partial charge < -0.3 is 0 Å². The number of hydrogen-bond donors (Lipinski definition) is 0. The van der Waals surface area contributed by atoms with Gasteiger partial charge in [-0.3, -0.25) is 0 Å². The van der Waals surface area contributed by atoms with Crippen molar-refractivity contribution in [3.63, 3.8) is 0 Å². The number of hydrogen-bond acceptors (Lipinski definition) is 0. The minimum absolute atomic E-state index is 1.33. The first-order chi connectivity index (χ1) is 9.59. The molecule has 0 aliphatic carbocycles. The van der Waals surface area contributed by atoms with Crippen LogP contribution in [0.25, 0.3) is 0 Å². The highest BCUT2D eigenvalue weighted by molar-refractivity contribution is 5.23. The number of benzene rings is 2. The molecule has 0 spiro atoms. The molecule has 0 bridgehead atoms. The summed E-state index contributed by atoms with van der Waals surface area (Å²) in [6.45, 7) is 16.4. The summed E-state index contributed by atoms with van der Waals surface area (Å²) in [7, 11) is 0. The molecule has 0 unspecified atom stereocenters. The first kappa shape index (κ1) is 20.8. The topological polar surface area (TPSA) is 0 Å². The van der Waals surface area contributed by atoms with E-state index in [1.807, 2.05) is 27.7 Å². The fourth-order valence-corrected chi connectivity index (χ4v) is 1.30. The predicted molar refractivity (Wildman–Crippen MR) is 94.5 cm³/mol. The van der Waals surface area contributed by atoms with E-state index in [-0.39, 0.29) is 0 Å². The van der Waals surface area contributed by atoms with E-state index in [0.29, 0.717) is 0 Å². The summed E-state index contributed by atoms with van der Waals surface area (Å²) in [5.74, 6) is 0. The molecule has 0 radical (unpaired) electrons. The van der Waals surface area contributed by atoms with Crippen molar-refractivity contribution in [1.29, 1.82) is 0 Å². The van der Waals surface area contributed by atoms with E-state index in [1.165, 1.54) is 22.3 Å². The molecule has 0 heteroatoms. The van der Waals surface area contributed by atoms with Gasteiger partial charge in [-0.1, -0.05) is 87.4 Å². The van der Waals surface area contributed by atoms with Crippen molar-refractivity contribution >= 4 is 0 Å². The second-order valence-electron chi connectivity index (χ2n) is 4.24. The van der Waals surface area contributed by atoms with Crippen LogP contribution in [0.2, 0.25) is 0 Å². The predicted octanol–water partition coefficient (Wildman–Crippen LogP) is 6.66. The third kappa shape index (κ3) is 10.4. The summed E-state index contributed by atoms with van der Waals surface area (Å²) in [4.78, 5) is 0. The van der Waals surface area contributed by atoms with Crippen LogP contribution in [0.3, 0.4) is 0 Å².